The summed E-state index contributed by atoms with van der Waals surface area (Å²) in [4.78, 5) is 2.50. The first kappa shape index (κ1) is 34.6. The topological polar surface area (TPSA) is 16.4 Å². The fourth-order valence-electron chi connectivity index (χ4n) is 10.6. The van der Waals surface area contributed by atoms with Crippen LogP contribution >= 0.6 is 0 Å². The minimum Gasteiger partial charge on any atom is -0.456 e. The van der Waals surface area contributed by atoms with Crippen molar-refractivity contribution >= 4 is 39.0 Å². The number of nitrogens with zero attached hydrogens (tertiary/aromatic N) is 1. The molecule has 2 aliphatic rings. The molecule has 0 bridgehead atoms. The predicted octanol–water partition coefficient (Wildman–Crippen LogP) is 15.4. The highest BCUT2D eigenvalue weighted by Crippen LogP contribution is 2.58. The Bertz CT molecular complexity index is 3290. The third-order valence-corrected chi connectivity index (χ3v) is 13.7. The smallest absolute Gasteiger partial charge is 0.135 e. The maximum atomic E-state index is 6.18. The van der Waals surface area contributed by atoms with Gasteiger partial charge in [0.05, 0.1) is 5.69 Å². The summed E-state index contributed by atoms with van der Waals surface area (Å²) in [5.74, 6) is 0. The molecular weight excluding hydrogens is 727 g/mol. The Balaban J connectivity index is 1.07. The molecule has 60 heavy (non-hydrogen) atoms. The van der Waals surface area contributed by atoms with Crippen molar-refractivity contribution in [3.8, 4) is 33.4 Å². The second kappa shape index (κ2) is 13.0. The molecule has 2 unspecified atom stereocenters. The van der Waals surface area contributed by atoms with Crippen LogP contribution in [0, 0.1) is 0 Å². The van der Waals surface area contributed by atoms with Gasteiger partial charge in [-0.05, 0) is 124 Å². The van der Waals surface area contributed by atoms with Gasteiger partial charge in [0.2, 0.25) is 0 Å². The molecule has 2 heteroatoms. The molecule has 284 valence electrons. The first-order chi connectivity index (χ1) is 29.5. The maximum absolute atomic E-state index is 6.18. The average Bonchev–Trinajstić information content (AvgIpc) is 3.92. The van der Waals surface area contributed by atoms with Gasteiger partial charge in [-0.2, -0.15) is 0 Å². The van der Waals surface area contributed by atoms with E-state index in [4.69, 9.17) is 4.42 Å². The lowest BCUT2D eigenvalue weighted by Gasteiger charge is -2.32. The van der Waals surface area contributed by atoms with Crippen molar-refractivity contribution in [3.05, 3.63) is 246 Å². The lowest BCUT2D eigenvalue weighted by Crippen LogP contribution is -2.23. The zero-order valence-electron chi connectivity index (χ0n) is 33.6. The lowest BCUT2D eigenvalue weighted by molar-refractivity contribution is 0.669. The first-order valence-corrected chi connectivity index (χ1v) is 20.9. The van der Waals surface area contributed by atoms with E-state index in [0.717, 1.165) is 50.1 Å². The summed E-state index contributed by atoms with van der Waals surface area (Å²) in [6.45, 7) is 4.80. The molecule has 1 aromatic heterocycles. The van der Waals surface area contributed by atoms with E-state index in [-0.39, 0.29) is 10.8 Å². The lowest BCUT2D eigenvalue weighted by atomic mass is 9.74. The van der Waals surface area contributed by atoms with Crippen molar-refractivity contribution in [1.29, 1.82) is 0 Å². The van der Waals surface area contributed by atoms with Crippen molar-refractivity contribution in [2.24, 2.45) is 0 Å². The van der Waals surface area contributed by atoms with Crippen LogP contribution in [0.5, 0.6) is 0 Å². The molecule has 2 atom stereocenters. The molecule has 12 rings (SSSR count). The summed E-state index contributed by atoms with van der Waals surface area (Å²) >= 11 is 0. The van der Waals surface area contributed by atoms with E-state index in [1.54, 1.807) is 0 Å². The third kappa shape index (κ3) is 4.88. The van der Waals surface area contributed by atoms with Gasteiger partial charge in [-0.1, -0.05) is 164 Å². The molecule has 0 spiro atoms. The van der Waals surface area contributed by atoms with Gasteiger partial charge in [0.15, 0.2) is 0 Å². The van der Waals surface area contributed by atoms with Gasteiger partial charge < -0.3 is 9.32 Å². The molecule has 1 heterocycles. The number of anilines is 3. The number of fused-ring (bicyclic) bond motifs is 9. The Morgan fingerprint density at radius 3 is 1.67 bits per heavy atom. The number of furan rings is 1. The number of hydrogen-bond acceptors (Lipinski definition) is 2. The molecule has 10 aromatic rings. The fraction of sp³-hybridized carbons (Fsp3) is 0.0690. The highest BCUT2D eigenvalue weighted by Gasteiger charge is 2.44. The Morgan fingerprint density at radius 2 is 0.917 bits per heavy atom. The quantitative estimate of drug-likeness (QED) is 0.168. The van der Waals surface area contributed by atoms with E-state index in [9.17, 15) is 0 Å². The van der Waals surface area contributed by atoms with Crippen LogP contribution in [0.2, 0.25) is 0 Å². The minimum absolute atomic E-state index is 0.319. The van der Waals surface area contributed by atoms with Gasteiger partial charge in [0.1, 0.15) is 11.2 Å². The summed E-state index contributed by atoms with van der Waals surface area (Å²) in [7, 11) is 0. The number of hydrogen-bond donors (Lipinski definition) is 0. The third-order valence-electron chi connectivity index (χ3n) is 13.7. The van der Waals surface area contributed by atoms with Crippen LogP contribution in [0.1, 0.15) is 47.2 Å². The average molecular weight is 768 g/mol. The highest BCUT2D eigenvalue weighted by molar-refractivity contribution is 6.06. The molecule has 0 N–H and O–H groups in total. The second-order valence-electron chi connectivity index (χ2n) is 16.7. The summed E-state index contributed by atoms with van der Waals surface area (Å²) < 4.78 is 6.18. The Kier molecular flexibility index (Phi) is 7.52. The number of rotatable bonds is 6. The number of para-hydroxylation sites is 1. The molecule has 0 aliphatic heterocycles. The normalized spacial score (nSPS) is 17.3. The molecular formula is C58H41NO. The van der Waals surface area contributed by atoms with Crippen LogP contribution < -0.4 is 4.90 Å². The van der Waals surface area contributed by atoms with Crippen molar-refractivity contribution < 1.29 is 4.42 Å². The Hall–Kier alpha value is -7.42. The van der Waals surface area contributed by atoms with Gasteiger partial charge in [0, 0.05) is 38.5 Å². The van der Waals surface area contributed by atoms with E-state index in [1.807, 2.05) is 12.1 Å². The van der Waals surface area contributed by atoms with Gasteiger partial charge in [-0.3, -0.25) is 0 Å². The van der Waals surface area contributed by atoms with Crippen LogP contribution in [-0.2, 0) is 10.8 Å². The molecule has 0 saturated heterocycles. The van der Waals surface area contributed by atoms with Crippen LogP contribution in [0.15, 0.2) is 217 Å². The van der Waals surface area contributed by atoms with E-state index in [2.05, 4.69) is 219 Å². The largest absolute Gasteiger partial charge is 0.456 e. The van der Waals surface area contributed by atoms with E-state index in [1.165, 1.54) is 55.6 Å². The highest BCUT2D eigenvalue weighted by atomic mass is 16.3. The SMILES string of the molecule is CC1(c2ccccc2)c2ccccc2-c2ccc(N(c3ccc(-c4ccc5oc6ccccc6c5c4)cc3)c3cccc4c3-c3ccccc3C4(C)c3ccccc3)cc21. The van der Waals surface area contributed by atoms with E-state index < -0.39 is 0 Å². The molecule has 0 amide bonds. The summed E-state index contributed by atoms with van der Waals surface area (Å²) in [5, 5.41) is 2.27. The zero-order chi connectivity index (χ0) is 40.0. The van der Waals surface area contributed by atoms with Gasteiger partial charge >= 0.3 is 0 Å². The summed E-state index contributed by atoms with van der Waals surface area (Å²) in [6.07, 6.45) is 0. The molecule has 0 saturated carbocycles. The minimum atomic E-state index is -0.328. The Morgan fingerprint density at radius 1 is 0.367 bits per heavy atom. The first-order valence-electron chi connectivity index (χ1n) is 20.9. The molecule has 0 radical (unpaired) electrons. The maximum Gasteiger partial charge on any atom is 0.135 e. The molecule has 2 aliphatic carbocycles. The second-order valence-corrected chi connectivity index (χ2v) is 16.7. The van der Waals surface area contributed by atoms with E-state index >= 15 is 0 Å². The molecule has 9 aromatic carbocycles. The fourth-order valence-corrected chi connectivity index (χ4v) is 10.6. The van der Waals surface area contributed by atoms with Crippen LogP contribution in [0.4, 0.5) is 17.1 Å². The van der Waals surface area contributed by atoms with Gasteiger partial charge in [-0.15, -0.1) is 0 Å². The van der Waals surface area contributed by atoms with Gasteiger partial charge in [-0.25, -0.2) is 0 Å². The standard InChI is InChI=1S/C58H41NO/c1-57(40-16-5-3-6-17-40)50-24-13-10-22-47(50)56-51(57)25-15-26-53(56)59(42-31-28-38(29-32-42)39-30-35-55-48(36-39)46-21-11-14-27-54(46)60-55)43-33-34-45-44-20-9-12-23-49(44)58(2,52(45)37-43)41-18-7-4-8-19-41/h3-37H,1-2H3. The van der Waals surface area contributed by atoms with Crippen LogP contribution in [-0.4, -0.2) is 0 Å². The van der Waals surface area contributed by atoms with E-state index in [0.29, 0.717) is 0 Å². The molecule has 2 nitrogen and oxygen atoms in total. The monoisotopic (exact) mass is 767 g/mol. The van der Waals surface area contributed by atoms with Crippen molar-refractivity contribution in [2.45, 2.75) is 24.7 Å². The summed E-state index contributed by atoms with van der Waals surface area (Å²) in [5.41, 5.74) is 19.9. The number of benzene rings is 9. The van der Waals surface area contributed by atoms with Crippen molar-refractivity contribution in [3.63, 3.8) is 0 Å². The van der Waals surface area contributed by atoms with Crippen LogP contribution in [0.3, 0.4) is 0 Å². The summed E-state index contributed by atoms with van der Waals surface area (Å²) in [6, 6.07) is 78.0. The van der Waals surface area contributed by atoms with Crippen molar-refractivity contribution in [2.75, 3.05) is 4.90 Å². The Labute approximate surface area is 350 Å². The van der Waals surface area contributed by atoms with Gasteiger partial charge in [0.25, 0.3) is 0 Å². The zero-order valence-corrected chi connectivity index (χ0v) is 33.6. The van der Waals surface area contributed by atoms with Crippen LogP contribution in [0.25, 0.3) is 55.3 Å². The predicted molar refractivity (Wildman–Crippen MR) is 249 cm³/mol. The van der Waals surface area contributed by atoms with Crippen molar-refractivity contribution in [1.82, 2.24) is 0 Å². The molecule has 0 fully saturated rings.